The molecule has 4 atom stereocenters. The van der Waals surface area contributed by atoms with Crippen LogP contribution in [0.1, 0.15) is 261 Å². The standard InChI is InChI=1S/2C38H50O9/c2*1-15(2)18(22-29(42)35(7,8)33(45)36(9,10)30(22)43)20-26(40)21-19(16(3)4)23-31(44)37(11,12)34(46)38(13,14)32(23)47-28(21)24(27(20)41)25(39)17(5)6/h2*15-19,40-42H,1-14H3/t18-,19?;/m1./s1. The van der Waals surface area contributed by atoms with E-state index in [-0.39, 0.29) is 102 Å². The van der Waals surface area contributed by atoms with E-state index in [9.17, 15) is 78.6 Å². The van der Waals surface area contributed by atoms with E-state index in [0.717, 1.165) is 0 Å². The Balaban J connectivity index is 0.000000266. The second-order valence-corrected chi connectivity index (χ2v) is 33.2. The Bertz CT molecular complexity index is 3660. The van der Waals surface area contributed by atoms with Crippen LogP contribution in [-0.2, 0) is 38.4 Å². The van der Waals surface area contributed by atoms with Crippen LogP contribution in [0.25, 0.3) is 0 Å². The molecule has 0 saturated carbocycles. The van der Waals surface area contributed by atoms with Gasteiger partial charge in [-0.05, 0) is 134 Å². The third kappa shape index (κ3) is 10.2. The Morgan fingerprint density at radius 2 is 0.596 bits per heavy atom. The van der Waals surface area contributed by atoms with Gasteiger partial charge in [0.05, 0.1) is 43.3 Å². The Morgan fingerprint density at radius 1 is 0.351 bits per heavy atom. The first kappa shape index (κ1) is 73.9. The maximum atomic E-state index is 14.2. The molecule has 3 unspecified atom stereocenters. The maximum Gasteiger partial charge on any atom is 0.175 e. The lowest BCUT2D eigenvalue weighted by Crippen LogP contribution is -2.52. The van der Waals surface area contributed by atoms with E-state index in [2.05, 4.69) is 0 Å². The van der Waals surface area contributed by atoms with E-state index < -0.39 is 171 Å². The van der Waals surface area contributed by atoms with Crippen molar-refractivity contribution in [2.24, 2.45) is 78.8 Å². The summed E-state index contributed by atoms with van der Waals surface area (Å²) in [5, 5.41) is 72.2. The first-order chi connectivity index (χ1) is 42.4. The number of phenols is 4. The highest BCUT2D eigenvalue weighted by molar-refractivity contribution is 6.23. The lowest BCUT2D eigenvalue weighted by Gasteiger charge is -2.46. The summed E-state index contributed by atoms with van der Waals surface area (Å²) in [5.74, 6) is -15.4. The quantitative estimate of drug-likeness (QED) is 0.0849. The number of hydrogen-bond acceptors (Lipinski definition) is 18. The van der Waals surface area contributed by atoms with Gasteiger partial charge in [0.1, 0.15) is 68.7 Å². The first-order valence-corrected chi connectivity index (χ1v) is 32.8. The molecule has 94 heavy (non-hydrogen) atoms. The molecular formula is C76H100O18. The zero-order valence-corrected chi connectivity index (χ0v) is 60.4. The fraction of sp³-hybridized carbons (Fsp3) is 0.605. The average molecular weight is 1300 g/mol. The minimum atomic E-state index is -1.53. The lowest BCUT2D eigenvalue weighted by molar-refractivity contribution is -0.146. The fourth-order valence-electron chi connectivity index (χ4n) is 15.9. The third-order valence-electron chi connectivity index (χ3n) is 21.2. The summed E-state index contributed by atoms with van der Waals surface area (Å²) in [6, 6.07) is 0. The molecule has 0 saturated heterocycles. The Morgan fingerprint density at radius 3 is 0.830 bits per heavy atom. The lowest BCUT2D eigenvalue weighted by atomic mass is 9.58. The van der Waals surface area contributed by atoms with Gasteiger partial charge in [-0.25, -0.2) is 0 Å². The molecule has 2 aromatic carbocycles. The van der Waals surface area contributed by atoms with Crippen molar-refractivity contribution in [3.63, 3.8) is 0 Å². The third-order valence-corrected chi connectivity index (χ3v) is 21.2. The van der Waals surface area contributed by atoms with Crippen molar-refractivity contribution in [3.8, 4) is 34.5 Å². The van der Waals surface area contributed by atoms with Crippen molar-refractivity contribution in [2.75, 3.05) is 0 Å². The molecule has 2 aliphatic heterocycles. The Hall–Kier alpha value is -7.50. The minimum absolute atomic E-state index is 0.0765. The molecule has 512 valence electrons. The number of phenolic OH excluding ortho intramolecular Hbond substituents is 4. The van der Waals surface area contributed by atoms with Crippen LogP contribution in [0, 0.1) is 78.8 Å². The summed E-state index contributed by atoms with van der Waals surface area (Å²) >= 11 is 0. The number of aromatic hydroxyl groups is 4. The number of carbonyl (C=O) groups is 10. The van der Waals surface area contributed by atoms with E-state index in [1.807, 2.05) is 27.7 Å². The van der Waals surface area contributed by atoms with Gasteiger partial charge in [-0.1, -0.05) is 83.1 Å². The number of rotatable bonds is 12. The normalized spacial score (nSPS) is 23.7. The highest BCUT2D eigenvalue weighted by Crippen LogP contribution is 2.65. The number of aliphatic hydroxyl groups excluding tert-OH is 2. The van der Waals surface area contributed by atoms with Crippen molar-refractivity contribution in [1.29, 1.82) is 0 Å². The number of Topliss-reactive ketones (excluding diaryl/α,β-unsaturated/α-hetero) is 10. The van der Waals surface area contributed by atoms with Crippen LogP contribution in [0.15, 0.2) is 45.3 Å². The van der Waals surface area contributed by atoms with E-state index in [0.29, 0.717) is 0 Å². The molecule has 0 spiro atoms. The number of hydrogen-bond donors (Lipinski definition) is 6. The van der Waals surface area contributed by atoms with Gasteiger partial charge < -0.3 is 40.1 Å². The second kappa shape index (κ2) is 23.1. The van der Waals surface area contributed by atoms with Gasteiger partial charge in [0.2, 0.25) is 0 Å². The highest BCUT2D eigenvalue weighted by Gasteiger charge is 2.63. The van der Waals surface area contributed by atoms with Crippen molar-refractivity contribution >= 4 is 57.8 Å². The molecule has 0 bridgehead atoms. The van der Waals surface area contributed by atoms with Gasteiger partial charge in [-0.2, -0.15) is 0 Å². The van der Waals surface area contributed by atoms with Crippen molar-refractivity contribution in [2.45, 2.75) is 218 Å². The molecule has 0 radical (unpaired) electrons. The molecule has 0 amide bonds. The van der Waals surface area contributed by atoms with Crippen molar-refractivity contribution in [3.05, 3.63) is 78.7 Å². The van der Waals surface area contributed by atoms with Gasteiger partial charge in [0, 0.05) is 80.1 Å². The zero-order valence-electron chi connectivity index (χ0n) is 60.4. The van der Waals surface area contributed by atoms with Crippen LogP contribution >= 0.6 is 0 Å². The molecular weight excluding hydrogens is 1200 g/mol. The molecule has 18 heteroatoms. The smallest absolute Gasteiger partial charge is 0.175 e. The van der Waals surface area contributed by atoms with Gasteiger partial charge in [0.25, 0.3) is 0 Å². The summed E-state index contributed by atoms with van der Waals surface area (Å²) in [6.07, 6.45) is 0. The molecule has 2 aromatic rings. The number of ketones is 10. The predicted molar refractivity (Wildman–Crippen MR) is 353 cm³/mol. The number of fused-ring (bicyclic) bond motifs is 2. The van der Waals surface area contributed by atoms with E-state index in [1.165, 1.54) is 55.4 Å². The number of allylic oxidation sites excluding steroid dienone is 8. The van der Waals surface area contributed by atoms with E-state index >= 15 is 0 Å². The minimum Gasteiger partial charge on any atom is -0.511 e. The van der Waals surface area contributed by atoms with E-state index in [1.54, 1.807) is 111 Å². The molecule has 4 aliphatic carbocycles. The Labute approximate surface area is 553 Å². The number of carbonyl (C=O) groups excluding carboxylic acids is 10. The average Bonchev–Trinajstić information content (AvgIpc) is 0.705. The van der Waals surface area contributed by atoms with Crippen LogP contribution in [0.4, 0.5) is 0 Å². The number of aliphatic hydroxyl groups is 2. The van der Waals surface area contributed by atoms with Crippen LogP contribution < -0.4 is 9.47 Å². The molecule has 8 rings (SSSR count). The SMILES string of the molecule is CC(C)C(=O)c1c(O)c(C(C2=C(O)C(C)(C)C(=O)C(C)(C)C2=O)C(C)C)c(O)c2c1OC1=C(C(=O)C(C)(C)C(=O)C1(C)C)C2C(C)C.CC(C)C(=O)c1c(O)c([C@H](C2=C(O)C(C)(C)C(=O)C(C)(C)C2=O)C(C)C)c(O)c2c1OC1=C(C(=O)C(C)(C)C(=O)C1(C)C)C2C(C)C. The highest BCUT2D eigenvalue weighted by atomic mass is 16.5. The van der Waals surface area contributed by atoms with Crippen LogP contribution in [-0.4, -0.2) is 88.5 Å². The summed E-state index contributed by atoms with van der Waals surface area (Å²) in [6.45, 7) is 45.8. The summed E-state index contributed by atoms with van der Waals surface area (Å²) in [7, 11) is 0. The van der Waals surface area contributed by atoms with Gasteiger partial charge in [-0.3, -0.25) is 47.9 Å². The predicted octanol–water partition coefficient (Wildman–Crippen LogP) is 14.6. The zero-order chi connectivity index (χ0) is 72.5. The number of benzene rings is 2. The van der Waals surface area contributed by atoms with E-state index in [4.69, 9.17) is 9.47 Å². The number of ether oxygens (including phenoxy) is 2. The maximum absolute atomic E-state index is 14.2. The molecule has 0 fully saturated rings. The van der Waals surface area contributed by atoms with Crippen molar-refractivity contribution < 1.29 is 88.1 Å². The molecule has 18 nitrogen and oxygen atoms in total. The fourth-order valence-corrected chi connectivity index (χ4v) is 15.9. The van der Waals surface area contributed by atoms with Crippen LogP contribution in [0.5, 0.6) is 34.5 Å². The molecule has 6 aliphatic rings. The molecule has 0 aromatic heterocycles. The first-order valence-electron chi connectivity index (χ1n) is 32.8. The van der Waals surface area contributed by atoms with Gasteiger partial charge >= 0.3 is 0 Å². The summed E-state index contributed by atoms with van der Waals surface area (Å²) < 4.78 is 12.8. The van der Waals surface area contributed by atoms with Gasteiger partial charge in [0.15, 0.2) is 57.8 Å². The van der Waals surface area contributed by atoms with Gasteiger partial charge in [-0.15, -0.1) is 0 Å². The summed E-state index contributed by atoms with van der Waals surface area (Å²) in [5.41, 5.74) is -11.9. The molecule has 6 N–H and O–H groups in total. The second-order valence-electron chi connectivity index (χ2n) is 33.2. The van der Waals surface area contributed by atoms with Crippen LogP contribution in [0.2, 0.25) is 0 Å². The molecule has 2 heterocycles. The van der Waals surface area contributed by atoms with Crippen molar-refractivity contribution in [1.82, 2.24) is 0 Å². The largest absolute Gasteiger partial charge is 0.511 e. The van der Waals surface area contributed by atoms with Crippen LogP contribution in [0.3, 0.4) is 0 Å². The summed E-state index contributed by atoms with van der Waals surface area (Å²) in [4.78, 5) is 139. The topological polar surface area (TPSA) is 311 Å². The Kier molecular flexibility index (Phi) is 18.2. The monoisotopic (exact) mass is 1300 g/mol.